The van der Waals surface area contributed by atoms with Gasteiger partial charge >= 0.3 is 0 Å². The van der Waals surface area contributed by atoms with Crippen LogP contribution < -0.4 is 5.73 Å². The van der Waals surface area contributed by atoms with Crippen LogP contribution in [0.2, 0.25) is 0 Å². The van der Waals surface area contributed by atoms with Crippen LogP contribution in [0.5, 0.6) is 0 Å². The van der Waals surface area contributed by atoms with Crippen molar-refractivity contribution in [1.29, 1.82) is 0 Å². The lowest BCUT2D eigenvalue weighted by molar-refractivity contribution is -0.384. The number of nitrogens with zero attached hydrogens (tertiary/aromatic N) is 3. The predicted octanol–water partition coefficient (Wildman–Crippen LogP) is 2.31. The van der Waals surface area contributed by atoms with E-state index in [9.17, 15) is 10.1 Å². The molecule has 1 atom stereocenters. The van der Waals surface area contributed by atoms with E-state index in [1.807, 2.05) is 0 Å². The van der Waals surface area contributed by atoms with Gasteiger partial charge in [0.15, 0.2) is 0 Å². The van der Waals surface area contributed by atoms with Crippen LogP contribution in [0.4, 0.5) is 5.69 Å². The van der Waals surface area contributed by atoms with Crippen LogP contribution in [0, 0.1) is 10.1 Å². The Morgan fingerprint density at radius 1 is 1.50 bits per heavy atom. The predicted molar refractivity (Wildman–Crippen MR) is 73.0 cm³/mol. The molecule has 0 radical (unpaired) electrons. The van der Waals surface area contributed by atoms with Crippen molar-refractivity contribution in [3.63, 3.8) is 0 Å². The minimum absolute atomic E-state index is 0.00321. The molecule has 20 heavy (non-hydrogen) atoms. The van der Waals surface area contributed by atoms with Gasteiger partial charge in [-0.05, 0) is 6.42 Å². The molecule has 0 spiro atoms. The van der Waals surface area contributed by atoms with Crippen LogP contribution in [0.1, 0.15) is 25.7 Å². The molecule has 2 rings (SSSR count). The molecule has 7 heteroatoms. The van der Waals surface area contributed by atoms with E-state index in [1.54, 1.807) is 12.1 Å². The van der Waals surface area contributed by atoms with Gasteiger partial charge in [-0.2, -0.15) is 4.98 Å². The molecule has 1 aromatic heterocycles. The average molecular weight is 276 g/mol. The fraction of sp³-hybridized carbons (Fsp3) is 0.385. The molecule has 106 valence electrons. The summed E-state index contributed by atoms with van der Waals surface area (Å²) < 4.78 is 5.13. The number of non-ortho nitro benzene ring substituents is 1. The van der Waals surface area contributed by atoms with Gasteiger partial charge in [0.2, 0.25) is 11.7 Å². The first-order chi connectivity index (χ1) is 9.60. The Kier molecular flexibility index (Phi) is 4.41. The summed E-state index contributed by atoms with van der Waals surface area (Å²) >= 11 is 0. The van der Waals surface area contributed by atoms with Crippen LogP contribution in [0.3, 0.4) is 0 Å². The maximum Gasteiger partial charge on any atom is 0.270 e. The summed E-state index contributed by atoms with van der Waals surface area (Å²) in [6.07, 6.45) is 2.39. The number of nitro benzene ring substituents is 1. The Hall–Kier alpha value is -2.28. The van der Waals surface area contributed by atoms with Gasteiger partial charge in [-0.3, -0.25) is 10.1 Å². The van der Waals surface area contributed by atoms with Gasteiger partial charge < -0.3 is 10.3 Å². The van der Waals surface area contributed by atoms with E-state index in [-0.39, 0.29) is 11.7 Å². The van der Waals surface area contributed by atoms with E-state index in [1.165, 1.54) is 12.1 Å². The molecule has 7 nitrogen and oxygen atoms in total. The van der Waals surface area contributed by atoms with Crippen molar-refractivity contribution in [2.45, 2.75) is 32.2 Å². The average Bonchev–Trinajstić information content (AvgIpc) is 2.87. The molecular weight excluding hydrogens is 260 g/mol. The standard InChI is InChI=1S/C13H16N4O3/c1-2-4-10(14)8-12-15-13(16-20-12)9-5-3-6-11(7-9)17(18)19/h3,5-7,10H,2,4,8,14H2,1H3. The molecule has 0 saturated heterocycles. The van der Waals surface area contributed by atoms with E-state index in [0.717, 1.165) is 12.8 Å². The van der Waals surface area contributed by atoms with Crippen molar-refractivity contribution in [1.82, 2.24) is 10.1 Å². The monoisotopic (exact) mass is 276 g/mol. The van der Waals surface area contributed by atoms with Crippen LogP contribution in [-0.2, 0) is 6.42 Å². The quantitative estimate of drug-likeness (QED) is 0.640. The normalized spacial score (nSPS) is 12.3. The summed E-state index contributed by atoms with van der Waals surface area (Å²) in [5.74, 6) is 0.792. The zero-order valence-corrected chi connectivity index (χ0v) is 11.2. The fourth-order valence-corrected chi connectivity index (χ4v) is 1.91. The first-order valence-corrected chi connectivity index (χ1v) is 6.43. The molecule has 0 aliphatic heterocycles. The number of nitrogens with two attached hydrogens (primary N) is 1. The highest BCUT2D eigenvalue weighted by molar-refractivity contribution is 5.58. The topological polar surface area (TPSA) is 108 Å². The van der Waals surface area contributed by atoms with Gasteiger partial charge in [-0.1, -0.05) is 30.6 Å². The van der Waals surface area contributed by atoms with Crippen molar-refractivity contribution in [2.75, 3.05) is 0 Å². The summed E-state index contributed by atoms with van der Waals surface area (Å²) in [7, 11) is 0. The summed E-state index contributed by atoms with van der Waals surface area (Å²) in [5, 5.41) is 14.6. The highest BCUT2D eigenvalue weighted by atomic mass is 16.6. The largest absolute Gasteiger partial charge is 0.339 e. The Balaban J connectivity index is 2.16. The van der Waals surface area contributed by atoms with Crippen LogP contribution in [0.25, 0.3) is 11.4 Å². The van der Waals surface area contributed by atoms with Gasteiger partial charge in [-0.25, -0.2) is 0 Å². The molecule has 2 N–H and O–H groups in total. The zero-order chi connectivity index (χ0) is 14.5. The lowest BCUT2D eigenvalue weighted by Crippen LogP contribution is -2.22. The zero-order valence-electron chi connectivity index (χ0n) is 11.2. The lowest BCUT2D eigenvalue weighted by Gasteiger charge is -2.05. The first-order valence-electron chi connectivity index (χ1n) is 6.43. The fourth-order valence-electron chi connectivity index (χ4n) is 1.91. The van der Waals surface area contributed by atoms with Crippen molar-refractivity contribution in [3.8, 4) is 11.4 Å². The first kappa shape index (κ1) is 14.1. The minimum Gasteiger partial charge on any atom is -0.339 e. The Bertz CT molecular complexity index is 597. The molecule has 0 bridgehead atoms. The van der Waals surface area contributed by atoms with E-state index in [4.69, 9.17) is 10.3 Å². The second-order valence-electron chi connectivity index (χ2n) is 4.57. The van der Waals surface area contributed by atoms with Crippen LogP contribution >= 0.6 is 0 Å². The van der Waals surface area contributed by atoms with E-state index >= 15 is 0 Å². The molecule has 0 fully saturated rings. The van der Waals surface area contributed by atoms with Crippen LogP contribution in [-0.4, -0.2) is 21.1 Å². The molecule has 0 aliphatic carbocycles. The third kappa shape index (κ3) is 3.39. The molecule has 2 aromatic rings. The number of rotatable bonds is 6. The number of aromatic nitrogens is 2. The number of hydrogen-bond acceptors (Lipinski definition) is 6. The molecular formula is C13H16N4O3. The number of benzene rings is 1. The van der Waals surface area contributed by atoms with Crippen molar-refractivity contribution < 1.29 is 9.45 Å². The highest BCUT2D eigenvalue weighted by Gasteiger charge is 2.14. The van der Waals surface area contributed by atoms with Gasteiger partial charge in [0.05, 0.1) is 4.92 Å². The maximum atomic E-state index is 10.7. The minimum atomic E-state index is -0.457. The molecule has 0 saturated carbocycles. The second-order valence-corrected chi connectivity index (χ2v) is 4.57. The van der Waals surface area contributed by atoms with Crippen molar-refractivity contribution in [3.05, 3.63) is 40.3 Å². The highest BCUT2D eigenvalue weighted by Crippen LogP contribution is 2.21. The third-order valence-corrected chi connectivity index (χ3v) is 2.88. The maximum absolute atomic E-state index is 10.7. The molecule has 0 aliphatic rings. The Morgan fingerprint density at radius 3 is 3.00 bits per heavy atom. The van der Waals surface area contributed by atoms with Gasteiger partial charge in [0, 0.05) is 30.2 Å². The van der Waals surface area contributed by atoms with E-state index < -0.39 is 4.92 Å². The lowest BCUT2D eigenvalue weighted by atomic mass is 10.1. The summed E-state index contributed by atoms with van der Waals surface area (Å²) in [4.78, 5) is 14.5. The molecule has 1 aromatic carbocycles. The van der Waals surface area contributed by atoms with Gasteiger partial charge in [-0.15, -0.1) is 0 Å². The van der Waals surface area contributed by atoms with E-state index in [2.05, 4.69) is 17.1 Å². The van der Waals surface area contributed by atoms with Crippen molar-refractivity contribution in [2.24, 2.45) is 5.73 Å². The summed E-state index contributed by atoms with van der Waals surface area (Å²) in [6.45, 7) is 2.06. The third-order valence-electron chi connectivity index (χ3n) is 2.88. The molecule has 1 heterocycles. The molecule has 0 amide bonds. The smallest absolute Gasteiger partial charge is 0.270 e. The number of nitro groups is 1. The Morgan fingerprint density at radius 2 is 2.30 bits per heavy atom. The number of hydrogen-bond donors (Lipinski definition) is 1. The Labute approximate surface area is 115 Å². The SMILES string of the molecule is CCCC(N)Cc1nc(-c2cccc([N+](=O)[O-])c2)no1. The van der Waals surface area contributed by atoms with Crippen LogP contribution in [0.15, 0.2) is 28.8 Å². The summed E-state index contributed by atoms with van der Waals surface area (Å²) in [5.41, 5.74) is 6.46. The van der Waals surface area contributed by atoms with Crippen molar-refractivity contribution >= 4 is 5.69 Å². The second kappa shape index (κ2) is 6.25. The van der Waals surface area contributed by atoms with Gasteiger partial charge in [0.1, 0.15) is 0 Å². The molecule has 1 unspecified atom stereocenters. The van der Waals surface area contributed by atoms with E-state index in [0.29, 0.717) is 23.7 Å². The summed E-state index contributed by atoms with van der Waals surface area (Å²) in [6, 6.07) is 6.11. The van der Waals surface area contributed by atoms with Gasteiger partial charge in [0.25, 0.3) is 5.69 Å².